The topological polar surface area (TPSA) is 90.0 Å². The van der Waals surface area contributed by atoms with Crippen molar-refractivity contribution in [2.24, 2.45) is 0 Å². The van der Waals surface area contributed by atoms with Gasteiger partial charge in [0.15, 0.2) is 5.82 Å². The average molecular weight is 306 g/mol. The molecule has 1 aliphatic carbocycles. The molecule has 21 heavy (non-hydrogen) atoms. The van der Waals surface area contributed by atoms with E-state index in [2.05, 4.69) is 9.82 Å². The van der Waals surface area contributed by atoms with Crippen molar-refractivity contribution in [3.63, 3.8) is 0 Å². The number of aromatic nitrogens is 2. The number of hydrogen-bond donors (Lipinski definition) is 2. The van der Waals surface area contributed by atoms with E-state index in [9.17, 15) is 8.42 Å². The molecule has 1 aliphatic rings. The second-order valence-electron chi connectivity index (χ2n) is 5.23. The van der Waals surface area contributed by atoms with Crippen molar-refractivity contribution >= 4 is 15.8 Å². The van der Waals surface area contributed by atoms with Gasteiger partial charge in [-0.15, -0.1) is 0 Å². The van der Waals surface area contributed by atoms with Crippen LogP contribution in [0.15, 0.2) is 35.4 Å². The fraction of sp³-hybridized carbons (Fsp3) is 0.357. The van der Waals surface area contributed by atoms with Crippen LogP contribution in [0.1, 0.15) is 18.1 Å². The first-order chi connectivity index (χ1) is 9.99. The Hall–Kier alpha value is -1.86. The third kappa shape index (κ3) is 2.66. The van der Waals surface area contributed by atoms with Crippen LogP contribution in [0.3, 0.4) is 0 Å². The summed E-state index contributed by atoms with van der Waals surface area (Å²) in [6.45, 7) is 2.46. The molecule has 1 aromatic carbocycles. The Morgan fingerprint density at radius 3 is 2.48 bits per heavy atom. The monoisotopic (exact) mass is 306 g/mol. The lowest BCUT2D eigenvalue weighted by Gasteiger charge is -2.11. The van der Waals surface area contributed by atoms with Gasteiger partial charge in [0.05, 0.1) is 0 Å². The van der Waals surface area contributed by atoms with Crippen LogP contribution in [0.4, 0.5) is 5.82 Å². The number of benzene rings is 1. The molecule has 0 atom stereocenters. The van der Waals surface area contributed by atoms with E-state index in [0.29, 0.717) is 19.4 Å². The normalized spacial score (nSPS) is 15.3. The summed E-state index contributed by atoms with van der Waals surface area (Å²) in [5.74, 6) is 0.0415. The Balaban J connectivity index is 1.80. The first-order valence-electron chi connectivity index (χ1n) is 6.91. The summed E-state index contributed by atoms with van der Waals surface area (Å²) in [5, 5.41) is 3.98. The zero-order valence-electron chi connectivity index (χ0n) is 11.8. The van der Waals surface area contributed by atoms with Gasteiger partial charge in [0, 0.05) is 18.8 Å². The zero-order valence-corrected chi connectivity index (χ0v) is 12.6. The molecule has 0 spiro atoms. The van der Waals surface area contributed by atoms with Gasteiger partial charge in [-0.3, -0.25) is 4.68 Å². The Bertz CT molecular complexity index is 742. The molecule has 0 fully saturated rings. The molecule has 0 saturated heterocycles. The molecule has 3 N–H and O–H groups in total. The van der Waals surface area contributed by atoms with Gasteiger partial charge in [0.2, 0.25) is 10.0 Å². The van der Waals surface area contributed by atoms with Gasteiger partial charge >= 0.3 is 0 Å². The van der Waals surface area contributed by atoms with Crippen LogP contribution in [0.2, 0.25) is 0 Å². The molecule has 3 rings (SSSR count). The second kappa shape index (κ2) is 5.16. The van der Waals surface area contributed by atoms with E-state index in [4.69, 9.17) is 5.73 Å². The number of anilines is 1. The van der Waals surface area contributed by atoms with Crippen molar-refractivity contribution in [3.8, 4) is 0 Å². The first-order valence-corrected chi connectivity index (χ1v) is 8.40. The summed E-state index contributed by atoms with van der Waals surface area (Å²) < 4.78 is 29.1. The van der Waals surface area contributed by atoms with E-state index in [0.717, 1.165) is 0 Å². The largest absolute Gasteiger partial charge is 0.381 e. The van der Waals surface area contributed by atoms with E-state index in [-0.39, 0.29) is 16.8 Å². The second-order valence-corrected chi connectivity index (χ2v) is 6.91. The summed E-state index contributed by atoms with van der Waals surface area (Å²) in [5.41, 5.74) is 8.10. The van der Waals surface area contributed by atoms with Crippen LogP contribution in [0.5, 0.6) is 0 Å². The van der Waals surface area contributed by atoms with E-state index < -0.39 is 10.0 Å². The Labute approximate surface area is 124 Å². The minimum Gasteiger partial charge on any atom is -0.381 e. The maximum absolute atomic E-state index is 12.4. The number of nitrogens with two attached hydrogens (primary N) is 1. The molecular formula is C14H18N4O2S. The number of fused-ring (bicyclic) bond motifs is 1. The van der Waals surface area contributed by atoms with Gasteiger partial charge in [-0.25, -0.2) is 13.1 Å². The number of nitrogen functional groups attached to an aromatic ring is 1. The number of hydrogen-bond acceptors (Lipinski definition) is 4. The standard InChI is InChI=1S/C14H18N4O2S/c1-2-18-9-13(14(15)16-18)21(19,20)17-12-7-10-5-3-4-6-11(10)8-12/h3-6,9,12,17H,2,7-8H2,1H3,(H2,15,16). The Morgan fingerprint density at radius 1 is 1.33 bits per heavy atom. The van der Waals surface area contributed by atoms with Gasteiger partial charge in [-0.05, 0) is 30.9 Å². The van der Waals surface area contributed by atoms with Gasteiger partial charge < -0.3 is 5.73 Å². The molecule has 0 aliphatic heterocycles. The Kier molecular flexibility index (Phi) is 3.46. The molecule has 6 nitrogen and oxygen atoms in total. The number of sulfonamides is 1. The van der Waals surface area contributed by atoms with Crippen molar-refractivity contribution in [1.29, 1.82) is 0 Å². The molecule has 1 aromatic heterocycles. The molecule has 0 bridgehead atoms. The number of nitrogens with one attached hydrogen (secondary N) is 1. The summed E-state index contributed by atoms with van der Waals surface area (Å²) in [4.78, 5) is 0.0558. The summed E-state index contributed by atoms with van der Waals surface area (Å²) in [7, 11) is -3.64. The fourth-order valence-electron chi connectivity index (χ4n) is 2.71. The molecule has 2 aromatic rings. The predicted molar refractivity (Wildman–Crippen MR) is 80.3 cm³/mol. The highest BCUT2D eigenvalue weighted by atomic mass is 32.2. The lowest BCUT2D eigenvalue weighted by atomic mass is 10.1. The molecule has 112 valence electrons. The van der Waals surface area contributed by atoms with Crippen LogP contribution in [0, 0.1) is 0 Å². The molecule has 0 saturated carbocycles. The SMILES string of the molecule is CCn1cc(S(=O)(=O)NC2Cc3ccccc3C2)c(N)n1. The molecule has 0 amide bonds. The number of aryl methyl sites for hydroxylation is 1. The van der Waals surface area contributed by atoms with Crippen molar-refractivity contribution in [2.75, 3.05) is 5.73 Å². The van der Waals surface area contributed by atoms with Gasteiger partial charge in [0.25, 0.3) is 0 Å². The van der Waals surface area contributed by atoms with Gasteiger partial charge in [0.1, 0.15) is 4.90 Å². The molecule has 1 heterocycles. The highest BCUT2D eigenvalue weighted by Crippen LogP contribution is 2.24. The Morgan fingerprint density at radius 2 is 1.95 bits per heavy atom. The highest BCUT2D eigenvalue weighted by Gasteiger charge is 2.28. The van der Waals surface area contributed by atoms with Crippen LogP contribution in [0.25, 0.3) is 0 Å². The minimum atomic E-state index is -3.64. The smallest absolute Gasteiger partial charge is 0.246 e. The quantitative estimate of drug-likeness (QED) is 0.879. The molecule has 0 unspecified atom stereocenters. The third-order valence-corrected chi connectivity index (χ3v) is 5.28. The maximum atomic E-state index is 12.4. The minimum absolute atomic E-state index is 0.0415. The van der Waals surface area contributed by atoms with E-state index in [1.165, 1.54) is 22.0 Å². The lowest BCUT2D eigenvalue weighted by molar-refractivity contribution is 0.555. The van der Waals surface area contributed by atoms with Crippen molar-refractivity contribution < 1.29 is 8.42 Å². The van der Waals surface area contributed by atoms with Crippen LogP contribution in [-0.4, -0.2) is 24.2 Å². The third-order valence-electron chi connectivity index (χ3n) is 3.74. The zero-order chi connectivity index (χ0) is 15.0. The van der Waals surface area contributed by atoms with Crippen molar-refractivity contribution in [1.82, 2.24) is 14.5 Å². The van der Waals surface area contributed by atoms with E-state index in [1.807, 2.05) is 31.2 Å². The predicted octanol–water partition coefficient (Wildman–Crippen LogP) is 0.931. The fourth-order valence-corrected chi connectivity index (χ4v) is 4.02. The number of rotatable bonds is 4. The van der Waals surface area contributed by atoms with Crippen LogP contribution in [-0.2, 0) is 29.4 Å². The van der Waals surface area contributed by atoms with Crippen molar-refractivity contribution in [3.05, 3.63) is 41.6 Å². The highest BCUT2D eigenvalue weighted by molar-refractivity contribution is 7.89. The summed E-state index contributed by atoms with van der Waals surface area (Å²) >= 11 is 0. The maximum Gasteiger partial charge on any atom is 0.246 e. The van der Waals surface area contributed by atoms with E-state index in [1.54, 1.807) is 0 Å². The van der Waals surface area contributed by atoms with Crippen LogP contribution >= 0.6 is 0 Å². The van der Waals surface area contributed by atoms with Gasteiger partial charge in [-0.1, -0.05) is 24.3 Å². The molecule has 7 heteroatoms. The first kappa shape index (κ1) is 14.1. The average Bonchev–Trinajstić information content (AvgIpc) is 3.00. The molecular weight excluding hydrogens is 288 g/mol. The molecule has 0 radical (unpaired) electrons. The lowest BCUT2D eigenvalue weighted by Crippen LogP contribution is -2.35. The van der Waals surface area contributed by atoms with Crippen LogP contribution < -0.4 is 10.5 Å². The summed E-state index contributed by atoms with van der Waals surface area (Å²) in [6.07, 6.45) is 2.88. The van der Waals surface area contributed by atoms with Gasteiger partial charge in [-0.2, -0.15) is 5.10 Å². The van der Waals surface area contributed by atoms with E-state index >= 15 is 0 Å². The van der Waals surface area contributed by atoms with Crippen molar-refractivity contribution in [2.45, 2.75) is 37.2 Å². The number of nitrogens with zero attached hydrogens (tertiary/aromatic N) is 2. The summed E-state index contributed by atoms with van der Waals surface area (Å²) in [6, 6.07) is 7.88.